The summed E-state index contributed by atoms with van der Waals surface area (Å²) in [5.74, 6) is -0.260. The Kier molecular flexibility index (Phi) is 2.01. The van der Waals surface area contributed by atoms with Crippen LogP contribution in [0.3, 0.4) is 0 Å². The average Bonchev–Trinajstić information content (AvgIpc) is 2.83. The second-order valence-corrected chi connectivity index (χ2v) is 4.39. The van der Waals surface area contributed by atoms with Crippen molar-refractivity contribution in [1.29, 1.82) is 5.26 Å². The molecule has 0 saturated heterocycles. The number of hydrogen-bond donors (Lipinski definition) is 0. The minimum atomic E-state index is -0.397. The van der Waals surface area contributed by atoms with Crippen molar-refractivity contribution in [2.24, 2.45) is 5.41 Å². The second kappa shape index (κ2) is 2.96. The summed E-state index contributed by atoms with van der Waals surface area (Å²) in [5, 5.41) is 9.37. The van der Waals surface area contributed by atoms with E-state index in [1.54, 1.807) is 6.07 Å². The van der Waals surface area contributed by atoms with Crippen LogP contribution >= 0.6 is 11.6 Å². The van der Waals surface area contributed by atoms with Crippen molar-refractivity contribution < 1.29 is 4.39 Å². The maximum atomic E-state index is 13.4. The van der Waals surface area contributed by atoms with Crippen LogP contribution in [-0.2, 0) is 0 Å². The van der Waals surface area contributed by atoms with Crippen molar-refractivity contribution in [3.8, 4) is 6.07 Å². The Hall–Kier alpha value is -1.07. The molecule has 1 aliphatic carbocycles. The van der Waals surface area contributed by atoms with Crippen molar-refractivity contribution in [1.82, 2.24) is 0 Å². The first-order valence-corrected chi connectivity index (χ1v) is 4.81. The third-order valence-electron chi connectivity index (χ3n) is 2.83. The Labute approximate surface area is 87.1 Å². The highest BCUT2D eigenvalue weighted by atomic mass is 35.5. The Bertz CT molecular complexity index is 424. The monoisotopic (exact) mass is 209 g/mol. The minimum Gasteiger partial charge on any atom is -0.207 e. The van der Waals surface area contributed by atoms with Gasteiger partial charge >= 0.3 is 0 Å². The Morgan fingerprint density at radius 2 is 2.36 bits per heavy atom. The lowest BCUT2D eigenvalue weighted by Gasteiger charge is -2.03. The number of nitriles is 1. The molecule has 14 heavy (non-hydrogen) atoms. The zero-order valence-electron chi connectivity index (χ0n) is 7.72. The summed E-state index contributed by atoms with van der Waals surface area (Å²) >= 11 is 5.78. The molecular formula is C11H9ClFN. The van der Waals surface area contributed by atoms with Gasteiger partial charge in [-0.25, -0.2) is 4.39 Å². The van der Waals surface area contributed by atoms with Crippen LogP contribution in [0.2, 0.25) is 5.02 Å². The fourth-order valence-electron chi connectivity index (χ4n) is 1.72. The van der Waals surface area contributed by atoms with Gasteiger partial charge in [-0.2, -0.15) is 5.26 Å². The van der Waals surface area contributed by atoms with Crippen LogP contribution in [0.5, 0.6) is 0 Å². The summed E-state index contributed by atoms with van der Waals surface area (Å²) in [6.07, 6.45) is 0.723. The van der Waals surface area contributed by atoms with Crippen LogP contribution in [0.4, 0.5) is 4.39 Å². The van der Waals surface area contributed by atoms with Crippen molar-refractivity contribution in [2.45, 2.75) is 19.3 Å². The largest absolute Gasteiger partial charge is 0.207 e. The van der Waals surface area contributed by atoms with Crippen molar-refractivity contribution in [2.75, 3.05) is 0 Å². The molecule has 0 bridgehead atoms. The summed E-state index contributed by atoms with van der Waals surface area (Å²) in [6.45, 7) is 1.85. The van der Waals surface area contributed by atoms with Crippen molar-refractivity contribution >= 4 is 11.6 Å². The number of halogens is 2. The zero-order chi connectivity index (χ0) is 10.3. The second-order valence-electron chi connectivity index (χ2n) is 3.95. The lowest BCUT2D eigenvalue weighted by atomic mass is 10.0. The van der Waals surface area contributed by atoms with E-state index in [9.17, 15) is 4.39 Å². The highest BCUT2D eigenvalue weighted by molar-refractivity contribution is 6.30. The molecule has 0 amide bonds. The van der Waals surface area contributed by atoms with Crippen LogP contribution in [0.25, 0.3) is 0 Å². The Morgan fingerprint density at radius 1 is 1.64 bits per heavy atom. The van der Waals surface area contributed by atoms with Crippen LogP contribution in [0.15, 0.2) is 18.2 Å². The van der Waals surface area contributed by atoms with E-state index in [1.165, 1.54) is 12.1 Å². The van der Waals surface area contributed by atoms with Crippen molar-refractivity contribution in [3.63, 3.8) is 0 Å². The summed E-state index contributed by atoms with van der Waals surface area (Å²) in [6, 6.07) is 6.69. The molecule has 2 unspecified atom stereocenters. The van der Waals surface area contributed by atoms with E-state index in [1.807, 2.05) is 6.92 Å². The first-order valence-electron chi connectivity index (χ1n) is 4.43. The first-order chi connectivity index (χ1) is 6.57. The molecule has 1 nitrogen and oxygen atoms in total. The fourth-order valence-corrected chi connectivity index (χ4v) is 1.90. The van der Waals surface area contributed by atoms with E-state index in [4.69, 9.17) is 16.9 Å². The van der Waals surface area contributed by atoms with E-state index in [-0.39, 0.29) is 11.7 Å². The van der Waals surface area contributed by atoms with Gasteiger partial charge in [0.05, 0.1) is 11.5 Å². The maximum absolute atomic E-state index is 13.4. The van der Waals surface area contributed by atoms with Gasteiger partial charge in [-0.15, -0.1) is 0 Å². The van der Waals surface area contributed by atoms with Gasteiger partial charge in [-0.05, 0) is 37.1 Å². The molecule has 0 spiro atoms. The molecule has 1 saturated carbocycles. The Balaban J connectivity index is 2.36. The molecule has 0 N–H and O–H groups in total. The zero-order valence-corrected chi connectivity index (χ0v) is 8.48. The van der Waals surface area contributed by atoms with Gasteiger partial charge in [0.1, 0.15) is 5.82 Å². The summed E-state index contributed by atoms with van der Waals surface area (Å²) in [5.41, 5.74) is 0.174. The molecular weight excluding hydrogens is 201 g/mol. The molecule has 1 aliphatic rings. The molecule has 0 aliphatic heterocycles. The van der Waals surface area contributed by atoms with Gasteiger partial charge in [0, 0.05) is 10.9 Å². The van der Waals surface area contributed by atoms with Gasteiger partial charge in [-0.1, -0.05) is 11.6 Å². The molecule has 1 fully saturated rings. The van der Waals surface area contributed by atoms with E-state index in [0.29, 0.717) is 10.6 Å². The summed E-state index contributed by atoms with van der Waals surface area (Å²) in [7, 11) is 0. The highest BCUT2D eigenvalue weighted by Gasteiger charge is 2.52. The van der Waals surface area contributed by atoms with Gasteiger partial charge in [0.15, 0.2) is 0 Å². The van der Waals surface area contributed by atoms with Crippen LogP contribution in [0.1, 0.15) is 24.8 Å². The molecule has 1 aromatic carbocycles. The van der Waals surface area contributed by atoms with Gasteiger partial charge in [0.25, 0.3) is 0 Å². The Morgan fingerprint density at radius 3 is 2.93 bits per heavy atom. The summed E-state index contributed by atoms with van der Waals surface area (Å²) < 4.78 is 13.4. The van der Waals surface area contributed by atoms with Gasteiger partial charge in [0.2, 0.25) is 0 Å². The number of benzene rings is 1. The summed E-state index contributed by atoms with van der Waals surface area (Å²) in [4.78, 5) is 0. The third kappa shape index (κ3) is 1.38. The number of nitrogens with zero attached hydrogens (tertiary/aromatic N) is 1. The quantitative estimate of drug-likeness (QED) is 0.695. The van der Waals surface area contributed by atoms with Gasteiger partial charge in [-0.3, -0.25) is 0 Å². The van der Waals surface area contributed by atoms with Crippen LogP contribution in [0, 0.1) is 22.6 Å². The van der Waals surface area contributed by atoms with Crippen molar-refractivity contribution in [3.05, 3.63) is 34.6 Å². The predicted octanol–water partition coefficient (Wildman–Crippen LogP) is 3.50. The minimum absolute atomic E-state index is 0.00574. The lowest BCUT2D eigenvalue weighted by Crippen LogP contribution is -1.95. The lowest BCUT2D eigenvalue weighted by molar-refractivity contribution is 0.599. The molecule has 0 radical (unpaired) electrons. The fraction of sp³-hybridized carbons (Fsp3) is 0.364. The smallest absolute Gasteiger partial charge is 0.126 e. The molecule has 0 aromatic heterocycles. The molecule has 1 aromatic rings. The molecule has 2 rings (SSSR count). The topological polar surface area (TPSA) is 23.8 Å². The highest BCUT2D eigenvalue weighted by Crippen LogP contribution is 2.59. The first kappa shape index (κ1) is 9.48. The SMILES string of the molecule is CC1(C#N)CC1c1cc(Cl)ccc1F. The maximum Gasteiger partial charge on any atom is 0.126 e. The van der Waals surface area contributed by atoms with Gasteiger partial charge < -0.3 is 0 Å². The third-order valence-corrected chi connectivity index (χ3v) is 3.06. The molecule has 0 heterocycles. The number of hydrogen-bond acceptors (Lipinski definition) is 1. The molecule has 72 valence electrons. The normalized spacial score (nSPS) is 29.7. The van der Waals surface area contributed by atoms with Crippen LogP contribution < -0.4 is 0 Å². The van der Waals surface area contributed by atoms with E-state index in [2.05, 4.69) is 6.07 Å². The van der Waals surface area contributed by atoms with Crippen LogP contribution in [-0.4, -0.2) is 0 Å². The molecule has 2 atom stereocenters. The van der Waals surface area contributed by atoms with E-state index >= 15 is 0 Å². The number of rotatable bonds is 1. The van der Waals surface area contributed by atoms with E-state index in [0.717, 1.165) is 6.42 Å². The standard InChI is InChI=1S/C11H9ClFN/c1-11(6-14)5-9(11)8-4-7(12)2-3-10(8)13/h2-4,9H,5H2,1H3. The average molecular weight is 210 g/mol. The predicted molar refractivity (Wildman–Crippen MR) is 52.5 cm³/mol. The molecule has 3 heteroatoms. The van der Waals surface area contributed by atoms with E-state index < -0.39 is 5.41 Å².